The summed E-state index contributed by atoms with van der Waals surface area (Å²) >= 11 is 0. The van der Waals surface area contributed by atoms with Crippen LogP contribution in [0.4, 0.5) is 8.78 Å². The second kappa shape index (κ2) is 19.1. The molecule has 6 atom stereocenters. The first kappa shape index (κ1) is 41.1. The van der Waals surface area contributed by atoms with Gasteiger partial charge >= 0.3 is 5.92 Å². The largest absolute Gasteiger partial charge is 0.619 e. The quantitative estimate of drug-likeness (QED) is 0.0950. The van der Waals surface area contributed by atoms with Crippen LogP contribution in [0.1, 0.15) is 91.4 Å². The highest BCUT2D eigenvalue weighted by atomic mass is 19.3. The zero-order valence-corrected chi connectivity index (χ0v) is 28.6. The monoisotopic (exact) mass is 670 g/mol. The molecule has 6 N–H and O–H groups in total. The van der Waals surface area contributed by atoms with Crippen molar-refractivity contribution in [2.45, 2.75) is 117 Å². The fraction of sp³-hybridized carbons (Fsp3) is 0.688. The first-order valence-corrected chi connectivity index (χ1v) is 16.2. The van der Waals surface area contributed by atoms with Crippen molar-refractivity contribution in [2.75, 3.05) is 6.54 Å². The molecular formula is C32H52F2N6O7. The minimum Gasteiger partial charge on any atom is -0.619 e. The molecule has 1 rings (SSSR count). The first-order valence-electron chi connectivity index (χ1n) is 16.2. The van der Waals surface area contributed by atoms with Gasteiger partial charge in [0.25, 0.3) is 11.8 Å². The van der Waals surface area contributed by atoms with Crippen LogP contribution in [-0.4, -0.2) is 77.4 Å². The highest BCUT2D eigenvalue weighted by molar-refractivity contribution is 5.98. The van der Waals surface area contributed by atoms with Crippen LogP contribution in [0, 0.1) is 23.0 Å². The van der Waals surface area contributed by atoms with Gasteiger partial charge in [-0.2, -0.15) is 13.5 Å². The average molecular weight is 671 g/mol. The molecule has 5 amide bonds. The number of aliphatic hydroxyl groups excluding tert-OH is 1. The molecule has 0 saturated heterocycles. The Hall–Kier alpha value is -3.88. The van der Waals surface area contributed by atoms with Gasteiger partial charge in [-0.05, 0) is 37.5 Å². The van der Waals surface area contributed by atoms with E-state index in [4.69, 9.17) is 0 Å². The molecule has 15 heteroatoms. The molecule has 0 spiro atoms. The van der Waals surface area contributed by atoms with Crippen LogP contribution >= 0.6 is 0 Å². The van der Waals surface area contributed by atoms with E-state index < -0.39 is 71.6 Å². The Morgan fingerprint density at radius 1 is 0.872 bits per heavy atom. The summed E-state index contributed by atoms with van der Waals surface area (Å²) in [4.78, 5) is 64.9. The third-order valence-electron chi connectivity index (χ3n) is 7.75. The van der Waals surface area contributed by atoms with Gasteiger partial charge in [0.2, 0.25) is 17.7 Å². The van der Waals surface area contributed by atoms with Gasteiger partial charge in [-0.3, -0.25) is 24.0 Å². The molecule has 0 aliphatic rings. The number of amides is 5. The number of carbonyl (C=O) groups excluding carboxylic acids is 5. The smallest absolute Gasteiger partial charge is 0.351 e. The lowest BCUT2D eigenvalue weighted by molar-refractivity contribution is -0.605. The number of likely N-dealkylation sites (N-methyl/N-ethyl adjacent to an activating group) is 1. The van der Waals surface area contributed by atoms with Gasteiger partial charge in [0.05, 0.1) is 11.6 Å². The van der Waals surface area contributed by atoms with Crippen molar-refractivity contribution in [2.24, 2.45) is 17.8 Å². The fourth-order valence-corrected chi connectivity index (χ4v) is 4.81. The summed E-state index contributed by atoms with van der Waals surface area (Å²) in [5.41, 5.74) is 0.141. The highest BCUT2D eigenvalue weighted by Crippen LogP contribution is 2.26. The van der Waals surface area contributed by atoms with Gasteiger partial charge in [0.1, 0.15) is 24.2 Å². The number of aliphatic hydroxyl groups is 1. The maximum atomic E-state index is 15.4. The minimum atomic E-state index is -4.40. The van der Waals surface area contributed by atoms with E-state index in [1.54, 1.807) is 48.5 Å². The lowest BCUT2D eigenvalue weighted by Gasteiger charge is -2.33. The van der Waals surface area contributed by atoms with Gasteiger partial charge in [0.15, 0.2) is 12.4 Å². The molecule has 0 saturated carbocycles. The Labute approximate surface area is 275 Å². The summed E-state index contributed by atoms with van der Waals surface area (Å²) in [6.45, 7) is 13.6. The SMILES string of the molecule is CCC[C@H](NC(=O)[C@@H](NC(=O)c1cc[n+]([O-])cc1)[C@@H](C)CC)C(=O)N[C@@H](CC(C)C)[C@@H](O)C(F)(F)C(=O)N[C@H](C(=O)NCC)C(C)C. The Morgan fingerprint density at radius 2 is 1.47 bits per heavy atom. The molecule has 0 bridgehead atoms. The van der Waals surface area contributed by atoms with E-state index in [9.17, 15) is 34.3 Å². The van der Waals surface area contributed by atoms with Crippen LogP contribution in [-0.2, 0) is 19.2 Å². The zero-order chi connectivity index (χ0) is 36.1. The lowest BCUT2D eigenvalue weighted by Crippen LogP contribution is -2.62. The number of hydrogen-bond acceptors (Lipinski definition) is 7. The predicted molar refractivity (Wildman–Crippen MR) is 171 cm³/mol. The van der Waals surface area contributed by atoms with Crippen molar-refractivity contribution >= 4 is 29.5 Å². The molecule has 1 aromatic heterocycles. The van der Waals surface area contributed by atoms with E-state index in [2.05, 4.69) is 21.3 Å². The van der Waals surface area contributed by atoms with Crippen molar-refractivity contribution in [3.8, 4) is 0 Å². The molecule has 0 fully saturated rings. The van der Waals surface area contributed by atoms with E-state index >= 15 is 8.78 Å². The second-order valence-electron chi connectivity index (χ2n) is 12.5. The molecule has 1 aromatic rings. The number of nitrogens with one attached hydrogen (secondary N) is 5. The molecule has 0 aromatic carbocycles. The first-order chi connectivity index (χ1) is 21.9. The summed E-state index contributed by atoms with van der Waals surface area (Å²) in [6.07, 6.45) is 0.453. The summed E-state index contributed by atoms with van der Waals surface area (Å²) in [6, 6.07) is -2.61. The predicted octanol–water partition coefficient (Wildman–Crippen LogP) is 1.55. The molecule has 0 aliphatic heterocycles. The van der Waals surface area contributed by atoms with Gasteiger partial charge in [-0.25, -0.2) is 0 Å². The maximum Gasteiger partial charge on any atom is 0.351 e. The van der Waals surface area contributed by atoms with E-state index in [-0.39, 0.29) is 36.8 Å². The molecule has 266 valence electrons. The third kappa shape index (κ3) is 12.3. The van der Waals surface area contributed by atoms with Crippen LogP contribution in [0.2, 0.25) is 0 Å². The minimum absolute atomic E-state index is 0.102. The maximum absolute atomic E-state index is 15.4. The molecule has 1 heterocycles. The van der Waals surface area contributed by atoms with Crippen molar-refractivity contribution in [1.82, 2.24) is 26.6 Å². The standard InChI is InChI=1S/C32H52F2N6O7/c1-9-12-22(36-30(45)25(20(8)10-2)38-27(42)21-13-15-40(47)16-14-21)28(43)37-23(17-18(4)5)26(41)32(33,34)31(46)39-24(19(6)7)29(44)35-11-3/h13-16,18-20,22-26,41H,9-12,17H2,1-8H3,(H,35,44)(H,36,45)(H,37,43)(H,38,42)(H,39,46)/t20-,22-,23-,24-,25-,26+/m0/s1. The summed E-state index contributed by atoms with van der Waals surface area (Å²) in [5.74, 6) is -10.3. The molecule has 0 aliphatic carbocycles. The number of rotatable bonds is 19. The Morgan fingerprint density at radius 3 is 1.96 bits per heavy atom. The number of nitrogens with zero attached hydrogens (tertiary/aromatic N) is 1. The number of alkyl halides is 2. The summed E-state index contributed by atoms with van der Waals surface area (Å²) < 4.78 is 31.4. The van der Waals surface area contributed by atoms with Crippen molar-refractivity contribution in [3.05, 3.63) is 35.3 Å². The Balaban J connectivity index is 3.21. The van der Waals surface area contributed by atoms with Crippen LogP contribution in [0.15, 0.2) is 24.5 Å². The number of carbonyl (C=O) groups is 5. The zero-order valence-electron chi connectivity index (χ0n) is 28.6. The molecule has 13 nitrogen and oxygen atoms in total. The van der Waals surface area contributed by atoms with Gasteiger partial charge in [-0.1, -0.05) is 61.3 Å². The second-order valence-corrected chi connectivity index (χ2v) is 12.5. The normalized spacial score (nSPS) is 15.5. The summed E-state index contributed by atoms with van der Waals surface area (Å²) in [7, 11) is 0. The number of hydrogen-bond donors (Lipinski definition) is 6. The van der Waals surface area contributed by atoms with Gasteiger partial charge in [-0.15, -0.1) is 0 Å². The molecule has 0 radical (unpaired) electrons. The van der Waals surface area contributed by atoms with Crippen LogP contribution in [0.3, 0.4) is 0 Å². The molecule has 47 heavy (non-hydrogen) atoms. The Bertz CT molecular complexity index is 1200. The highest BCUT2D eigenvalue weighted by Gasteiger charge is 2.51. The third-order valence-corrected chi connectivity index (χ3v) is 7.75. The fourth-order valence-electron chi connectivity index (χ4n) is 4.81. The van der Waals surface area contributed by atoms with Crippen molar-refractivity contribution in [3.63, 3.8) is 0 Å². The van der Waals surface area contributed by atoms with Gasteiger partial charge < -0.3 is 36.9 Å². The van der Waals surface area contributed by atoms with E-state index in [1.807, 2.05) is 12.2 Å². The van der Waals surface area contributed by atoms with Crippen LogP contribution in [0.25, 0.3) is 0 Å². The lowest BCUT2D eigenvalue weighted by atomic mass is 9.93. The average Bonchev–Trinajstić information content (AvgIpc) is 3.00. The molecule has 0 unspecified atom stereocenters. The number of halogens is 2. The topological polar surface area (TPSA) is 193 Å². The van der Waals surface area contributed by atoms with E-state index in [0.717, 1.165) is 12.4 Å². The van der Waals surface area contributed by atoms with Crippen molar-refractivity contribution in [1.29, 1.82) is 0 Å². The number of aromatic nitrogens is 1. The Kier molecular flexibility index (Phi) is 16.7. The van der Waals surface area contributed by atoms with Crippen LogP contribution in [0.5, 0.6) is 0 Å². The molecular weight excluding hydrogens is 618 g/mol. The van der Waals surface area contributed by atoms with E-state index in [0.29, 0.717) is 17.6 Å². The van der Waals surface area contributed by atoms with Gasteiger partial charge in [0, 0.05) is 18.7 Å². The van der Waals surface area contributed by atoms with E-state index in [1.165, 1.54) is 12.1 Å². The van der Waals surface area contributed by atoms with Crippen molar-refractivity contribution < 1.29 is 42.6 Å². The number of pyridine rings is 1. The summed E-state index contributed by atoms with van der Waals surface area (Å²) in [5, 5.41) is 34.3. The van der Waals surface area contributed by atoms with Crippen LogP contribution < -0.4 is 31.3 Å².